The summed E-state index contributed by atoms with van der Waals surface area (Å²) in [6.07, 6.45) is 8.21. The van der Waals surface area contributed by atoms with Crippen molar-refractivity contribution in [3.05, 3.63) is 42.4 Å². The third-order valence-corrected chi connectivity index (χ3v) is 4.00. The molecule has 0 aromatic carbocycles. The molecular formula is C16H23N5. The van der Waals surface area contributed by atoms with Crippen molar-refractivity contribution in [2.24, 2.45) is 0 Å². The van der Waals surface area contributed by atoms with Crippen LogP contribution in [0.1, 0.15) is 18.4 Å². The first-order chi connectivity index (χ1) is 10.3. The number of rotatable bonds is 5. The third kappa shape index (κ3) is 3.82. The van der Waals surface area contributed by atoms with Crippen molar-refractivity contribution in [2.75, 3.05) is 24.5 Å². The first-order valence-electron chi connectivity index (χ1n) is 7.70. The maximum Gasteiger partial charge on any atom is 0.128 e. The Kier molecular flexibility index (Phi) is 4.50. The summed E-state index contributed by atoms with van der Waals surface area (Å²) in [5, 5.41) is 7.95. The van der Waals surface area contributed by atoms with E-state index in [9.17, 15) is 0 Å². The number of nitrogens with zero attached hydrogens (tertiary/aromatic N) is 4. The zero-order valence-electron chi connectivity index (χ0n) is 12.6. The number of aromatic nitrogens is 3. The van der Waals surface area contributed by atoms with Gasteiger partial charge in [-0.1, -0.05) is 6.07 Å². The Morgan fingerprint density at radius 2 is 2.14 bits per heavy atom. The van der Waals surface area contributed by atoms with Crippen LogP contribution >= 0.6 is 0 Å². The van der Waals surface area contributed by atoms with Crippen LogP contribution < -0.4 is 10.2 Å². The summed E-state index contributed by atoms with van der Waals surface area (Å²) in [5.41, 5.74) is 1.22. The van der Waals surface area contributed by atoms with Gasteiger partial charge in [0.05, 0.1) is 12.7 Å². The maximum absolute atomic E-state index is 4.43. The maximum atomic E-state index is 4.43. The van der Waals surface area contributed by atoms with Crippen LogP contribution in [0.5, 0.6) is 0 Å². The van der Waals surface area contributed by atoms with Crippen LogP contribution in [0, 0.1) is 6.92 Å². The van der Waals surface area contributed by atoms with E-state index < -0.39 is 0 Å². The molecule has 1 fully saturated rings. The zero-order valence-corrected chi connectivity index (χ0v) is 12.6. The lowest BCUT2D eigenvalue weighted by Crippen LogP contribution is -2.43. The minimum absolute atomic E-state index is 0.613. The average Bonchev–Trinajstić information content (AvgIpc) is 2.94. The van der Waals surface area contributed by atoms with E-state index in [4.69, 9.17) is 0 Å². The molecule has 2 aromatic heterocycles. The van der Waals surface area contributed by atoms with Crippen molar-refractivity contribution in [1.29, 1.82) is 0 Å². The first-order valence-corrected chi connectivity index (χ1v) is 7.70. The van der Waals surface area contributed by atoms with Crippen molar-refractivity contribution in [2.45, 2.75) is 32.4 Å². The van der Waals surface area contributed by atoms with E-state index in [0.717, 1.165) is 32.0 Å². The molecule has 0 radical (unpaired) electrons. The number of anilines is 1. The largest absolute Gasteiger partial charge is 0.357 e. The lowest BCUT2D eigenvalue weighted by molar-refractivity contribution is 0.400. The van der Waals surface area contributed by atoms with Gasteiger partial charge in [-0.05, 0) is 37.5 Å². The van der Waals surface area contributed by atoms with Crippen LogP contribution in [-0.2, 0) is 6.54 Å². The van der Waals surface area contributed by atoms with Gasteiger partial charge >= 0.3 is 0 Å². The monoisotopic (exact) mass is 285 g/mol. The summed E-state index contributed by atoms with van der Waals surface area (Å²) in [7, 11) is 0. The van der Waals surface area contributed by atoms with Gasteiger partial charge in [0, 0.05) is 38.1 Å². The molecule has 1 saturated heterocycles. The van der Waals surface area contributed by atoms with Crippen LogP contribution in [0.3, 0.4) is 0 Å². The van der Waals surface area contributed by atoms with Crippen molar-refractivity contribution in [3.63, 3.8) is 0 Å². The van der Waals surface area contributed by atoms with Crippen LogP contribution in [0.15, 0.2) is 36.8 Å². The molecule has 21 heavy (non-hydrogen) atoms. The molecule has 1 aliphatic heterocycles. The molecule has 112 valence electrons. The molecule has 0 amide bonds. The Balaban J connectivity index is 1.40. The molecule has 1 N–H and O–H groups in total. The fraction of sp³-hybridized carbons (Fsp3) is 0.500. The van der Waals surface area contributed by atoms with Crippen LogP contribution in [0.4, 0.5) is 5.82 Å². The number of nitrogens with one attached hydrogen (secondary N) is 1. The van der Waals surface area contributed by atoms with E-state index in [0.29, 0.717) is 6.04 Å². The van der Waals surface area contributed by atoms with Crippen molar-refractivity contribution in [3.8, 4) is 0 Å². The summed E-state index contributed by atoms with van der Waals surface area (Å²) < 4.78 is 2.01. The van der Waals surface area contributed by atoms with E-state index in [-0.39, 0.29) is 0 Å². The summed E-state index contributed by atoms with van der Waals surface area (Å²) in [4.78, 5) is 6.80. The highest BCUT2D eigenvalue weighted by Crippen LogP contribution is 2.17. The van der Waals surface area contributed by atoms with E-state index in [1.54, 1.807) is 0 Å². The summed E-state index contributed by atoms with van der Waals surface area (Å²) in [5.74, 6) is 1.10. The van der Waals surface area contributed by atoms with Gasteiger partial charge in [0.25, 0.3) is 0 Å². The van der Waals surface area contributed by atoms with Gasteiger partial charge in [0.2, 0.25) is 0 Å². The summed E-state index contributed by atoms with van der Waals surface area (Å²) in [6.45, 7) is 6.15. The highest BCUT2D eigenvalue weighted by molar-refractivity contribution is 5.38. The van der Waals surface area contributed by atoms with Crippen LogP contribution in [0.25, 0.3) is 0 Å². The predicted molar refractivity (Wildman–Crippen MR) is 84.4 cm³/mol. The molecule has 2 aromatic rings. The predicted octanol–water partition coefficient (Wildman–Crippen LogP) is 1.85. The average molecular weight is 285 g/mol. The molecule has 1 aliphatic rings. The number of hydrogen-bond donors (Lipinski definition) is 1. The van der Waals surface area contributed by atoms with Crippen LogP contribution in [0.2, 0.25) is 0 Å². The highest BCUT2D eigenvalue weighted by Gasteiger charge is 2.19. The molecular weight excluding hydrogens is 262 g/mol. The van der Waals surface area contributed by atoms with Gasteiger partial charge in [-0.25, -0.2) is 4.98 Å². The minimum Gasteiger partial charge on any atom is -0.357 e. The van der Waals surface area contributed by atoms with Crippen molar-refractivity contribution >= 4 is 5.82 Å². The fourth-order valence-electron chi connectivity index (χ4n) is 2.83. The molecule has 3 rings (SSSR count). The van der Waals surface area contributed by atoms with E-state index in [2.05, 4.69) is 45.6 Å². The second-order valence-corrected chi connectivity index (χ2v) is 5.68. The number of pyridine rings is 1. The third-order valence-electron chi connectivity index (χ3n) is 4.00. The molecule has 5 nitrogen and oxygen atoms in total. The number of piperidine rings is 1. The smallest absolute Gasteiger partial charge is 0.128 e. The van der Waals surface area contributed by atoms with E-state index >= 15 is 0 Å². The van der Waals surface area contributed by atoms with Gasteiger partial charge < -0.3 is 10.2 Å². The quantitative estimate of drug-likeness (QED) is 0.910. The van der Waals surface area contributed by atoms with Crippen LogP contribution in [-0.4, -0.2) is 40.4 Å². The first kappa shape index (κ1) is 14.1. The molecule has 3 heterocycles. The molecule has 0 saturated carbocycles. The lowest BCUT2D eigenvalue weighted by atomic mass is 10.1. The Morgan fingerprint density at radius 1 is 1.29 bits per heavy atom. The molecule has 0 atom stereocenters. The van der Waals surface area contributed by atoms with Gasteiger partial charge in [0.1, 0.15) is 5.82 Å². The van der Waals surface area contributed by atoms with Crippen molar-refractivity contribution < 1.29 is 0 Å². The SMILES string of the molecule is Cc1cnn(CCNC2CCN(c3ccccn3)CC2)c1. The second-order valence-electron chi connectivity index (χ2n) is 5.68. The van der Waals surface area contributed by atoms with Gasteiger partial charge in [-0.2, -0.15) is 5.10 Å². The Labute approximate surface area is 126 Å². The zero-order chi connectivity index (χ0) is 14.5. The molecule has 0 unspecified atom stereocenters. The van der Waals surface area contributed by atoms with E-state index in [1.807, 2.05) is 23.1 Å². The van der Waals surface area contributed by atoms with Crippen molar-refractivity contribution in [1.82, 2.24) is 20.1 Å². The fourth-order valence-corrected chi connectivity index (χ4v) is 2.83. The number of hydrogen-bond acceptors (Lipinski definition) is 4. The molecule has 5 heteroatoms. The molecule has 0 aliphatic carbocycles. The van der Waals surface area contributed by atoms with Gasteiger partial charge in [-0.15, -0.1) is 0 Å². The topological polar surface area (TPSA) is 46.0 Å². The molecule has 0 bridgehead atoms. The second kappa shape index (κ2) is 6.72. The Morgan fingerprint density at radius 3 is 2.81 bits per heavy atom. The number of aryl methyl sites for hydroxylation is 1. The Bertz CT molecular complexity index is 543. The lowest BCUT2D eigenvalue weighted by Gasteiger charge is -2.33. The highest BCUT2D eigenvalue weighted by atomic mass is 15.3. The normalized spacial score (nSPS) is 16.3. The summed E-state index contributed by atoms with van der Waals surface area (Å²) >= 11 is 0. The van der Waals surface area contributed by atoms with E-state index in [1.165, 1.54) is 18.4 Å². The van der Waals surface area contributed by atoms with Gasteiger partial charge in [0.15, 0.2) is 0 Å². The minimum atomic E-state index is 0.613. The molecule has 0 spiro atoms. The van der Waals surface area contributed by atoms with Gasteiger partial charge in [-0.3, -0.25) is 4.68 Å². The Hall–Kier alpha value is -1.88. The summed E-state index contributed by atoms with van der Waals surface area (Å²) in [6, 6.07) is 6.73. The standard InChI is InChI=1S/C16H23N5/c1-14-12-19-21(13-14)11-8-17-15-5-9-20(10-6-15)16-4-2-3-7-18-16/h2-4,7,12-13,15,17H,5-6,8-11H2,1H3.